The third-order valence-corrected chi connectivity index (χ3v) is 4.08. The largest absolute Gasteiger partial charge is 0.325 e. The SMILES string of the molecule is N#CC1CCCN1C(=O)CN(N)C1CCCCC1. The van der Waals surface area contributed by atoms with E-state index in [1.54, 1.807) is 9.91 Å². The van der Waals surface area contributed by atoms with Crippen molar-refractivity contribution < 1.29 is 4.79 Å². The van der Waals surface area contributed by atoms with Gasteiger partial charge in [0.05, 0.1) is 12.6 Å². The molecule has 1 saturated heterocycles. The van der Waals surface area contributed by atoms with Crippen molar-refractivity contribution in [2.75, 3.05) is 13.1 Å². The first-order valence-electron chi connectivity index (χ1n) is 6.93. The Morgan fingerprint density at radius 3 is 2.67 bits per heavy atom. The van der Waals surface area contributed by atoms with E-state index in [4.69, 9.17) is 11.1 Å². The molecule has 2 N–H and O–H groups in total. The monoisotopic (exact) mass is 250 g/mol. The highest BCUT2D eigenvalue weighted by atomic mass is 16.2. The highest BCUT2D eigenvalue weighted by Crippen LogP contribution is 2.21. The summed E-state index contributed by atoms with van der Waals surface area (Å²) >= 11 is 0. The normalized spacial score (nSPS) is 25.4. The summed E-state index contributed by atoms with van der Waals surface area (Å²) in [7, 11) is 0. The average Bonchev–Trinajstić information content (AvgIpc) is 2.88. The van der Waals surface area contributed by atoms with Gasteiger partial charge in [-0.3, -0.25) is 10.6 Å². The Hall–Kier alpha value is -1.12. The number of hydrogen-bond acceptors (Lipinski definition) is 4. The molecule has 0 bridgehead atoms. The van der Waals surface area contributed by atoms with Crippen LogP contribution in [0.4, 0.5) is 0 Å². The van der Waals surface area contributed by atoms with Crippen LogP contribution in [-0.4, -0.2) is 41.0 Å². The lowest BCUT2D eigenvalue weighted by Gasteiger charge is -2.31. The van der Waals surface area contributed by atoms with E-state index in [0.717, 1.165) is 25.7 Å². The summed E-state index contributed by atoms with van der Waals surface area (Å²) in [5.74, 6) is 6.01. The minimum absolute atomic E-state index is 0.00660. The Morgan fingerprint density at radius 2 is 2.00 bits per heavy atom. The van der Waals surface area contributed by atoms with E-state index in [-0.39, 0.29) is 18.5 Å². The van der Waals surface area contributed by atoms with Crippen LogP contribution in [0.2, 0.25) is 0 Å². The summed E-state index contributed by atoms with van der Waals surface area (Å²) in [5, 5.41) is 10.7. The van der Waals surface area contributed by atoms with Gasteiger partial charge in [-0.15, -0.1) is 0 Å². The molecule has 0 aromatic heterocycles. The number of hydrazine groups is 1. The van der Waals surface area contributed by atoms with Crippen molar-refractivity contribution in [2.45, 2.75) is 57.0 Å². The van der Waals surface area contributed by atoms with Gasteiger partial charge in [-0.05, 0) is 25.7 Å². The maximum atomic E-state index is 12.1. The van der Waals surface area contributed by atoms with Gasteiger partial charge < -0.3 is 4.90 Å². The van der Waals surface area contributed by atoms with Crippen LogP contribution >= 0.6 is 0 Å². The summed E-state index contributed by atoms with van der Waals surface area (Å²) in [4.78, 5) is 13.8. The Morgan fingerprint density at radius 1 is 1.28 bits per heavy atom. The molecule has 1 aliphatic heterocycles. The van der Waals surface area contributed by atoms with E-state index in [9.17, 15) is 4.79 Å². The number of hydrogen-bond donors (Lipinski definition) is 1. The molecule has 0 radical (unpaired) electrons. The molecule has 5 heteroatoms. The molecular weight excluding hydrogens is 228 g/mol. The quantitative estimate of drug-likeness (QED) is 0.599. The predicted molar refractivity (Wildman–Crippen MR) is 68.1 cm³/mol. The molecule has 0 aromatic rings. The fourth-order valence-corrected chi connectivity index (χ4v) is 2.99. The van der Waals surface area contributed by atoms with Gasteiger partial charge in [-0.2, -0.15) is 5.26 Å². The Labute approximate surface area is 108 Å². The van der Waals surface area contributed by atoms with Crippen molar-refractivity contribution in [1.82, 2.24) is 9.91 Å². The topological polar surface area (TPSA) is 73.4 Å². The molecule has 1 atom stereocenters. The van der Waals surface area contributed by atoms with Gasteiger partial charge in [0.25, 0.3) is 0 Å². The maximum Gasteiger partial charge on any atom is 0.239 e. The summed E-state index contributed by atoms with van der Waals surface area (Å²) in [5.41, 5.74) is 0. The molecule has 18 heavy (non-hydrogen) atoms. The van der Waals surface area contributed by atoms with Gasteiger partial charge in [-0.25, -0.2) is 5.01 Å². The van der Waals surface area contributed by atoms with Gasteiger partial charge in [0.2, 0.25) is 5.91 Å². The lowest BCUT2D eigenvalue weighted by Crippen LogP contribution is -2.49. The number of carbonyl (C=O) groups is 1. The summed E-state index contributed by atoms with van der Waals surface area (Å²) in [6, 6.07) is 2.29. The van der Waals surface area contributed by atoms with Gasteiger partial charge in [0.15, 0.2) is 0 Å². The number of nitrogens with two attached hydrogens (primary N) is 1. The molecule has 1 heterocycles. The predicted octanol–water partition coefficient (Wildman–Crippen LogP) is 1.01. The summed E-state index contributed by atoms with van der Waals surface area (Å²) in [6.45, 7) is 0.957. The van der Waals surface area contributed by atoms with Crippen LogP contribution in [0, 0.1) is 11.3 Å². The number of likely N-dealkylation sites (tertiary alicyclic amines) is 1. The van der Waals surface area contributed by atoms with Crippen LogP contribution in [-0.2, 0) is 4.79 Å². The number of carbonyl (C=O) groups excluding carboxylic acids is 1. The fourth-order valence-electron chi connectivity index (χ4n) is 2.99. The van der Waals surface area contributed by atoms with Crippen LogP contribution in [0.15, 0.2) is 0 Å². The first-order chi connectivity index (χ1) is 8.72. The second kappa shape index (κ2) is 6.17. The number of rotatable bonds is 3. The maximum absolute atomic E-state index is 12.1. The highest BCUT2D eigenvalue weighted by Gasteiger charge is 2.30. The summed E-state index contributed by atoms with van der Waals surface area (Å²) < 4.78 is 0. The molecule has 0 aromatic carbocycles. The van der Waals surface area contributed by atoms with Crippen molar-refractivity contribution in [1.29, 1.82) is 5.26 Å². The third kappa shape index (κ3) is 3.01. The molecule has 2 rings (SSSR count). The van der Waals surface area contributed by atoms with E-state index in [1.807, 2.05) is 0 Å². The standard InChI is InChI=1S/C13H22N4O/c14-9-12-7-4-8-16(12)13(18)10-17(15)11-5-2-1-3-6-11/h11-12H,1-8,10,15H2. The van der Waals surface area contributed by atoms with Gasteiger partial charge in [-0.1, -0.05) is 19.3 Å². The molecule has 2 aliphatic rings. The van der Waals surface area contributed by atoms with E-state index in [0.29, 0.717) is 12.6 Å². The molecule has 1 amide bonds. The zero-order valence-electron chi connectivity index (χ0n) is 10.8. The van der Waals surface area contributed by atoms with Crippen molar-refractivity contribution in [2.24, 2.45) is 5.84 Å². The minimum atomic E-state index is -0.239. The number of nitriles is 1. The minimum Gasteiger partial charge on any atom is -0.325 e. The van der Waals surface area contributed by atoms with Crippen molar-refractivity contribution in [3.8, 4) is 6.07 Å². The zero-order valence-corrected chi connectivity index (χ0v) is 10.8. The van der Waals surface area contributed by atoms with Crippen LogP contribution in [0.5, 0.6) is 0 Å². The van der Waals surface area contributed by atoms with Crippen molar-refractivity contribution >= 4 is 5.91 Å². The van der Waals surface area contributed by atoms with Crippen LogP contribution in [0.3, 0.4) is 0 Å². The van der Waals surface area contributed by atoms with E-state index >= 15 is 0 Å². The van der Waals surface area contributed by atoms with Crippen molar-refractivity contribution in [3.05, 3.63) is 0 Å². The van der Waals surface area contributed by atoms with E-state index in [2.05, 4.69) is 6.07 Å². The molecular formula is C13H22N4O. The molecule has 0 spiro atoms. The zero-order chi connectivity index (χ0) is 13.0. The second-order valence-electron chi connectivity index (χ2n) is 5.34. The molecule has 100 valence electrons. The molecule has 1 aliphatic carbocycles. The van der Waals surface area contributed by atoms with Crippen molar-refractivity contribution in [3.63, 3.8) is 0 Å². The van der Waals surface area contributed by atoms with Crippen LogP contribution < -0.4 is 5.84 Å². The van der Waals surface area contributed by atoms with E-state index in [1.165, 1.54) is 19.3 Å². The summed E-state index contributed by atoms with van der Waals surface area (Å²) in [6.07, 6.45) is 7.60. The second-order valence-corrected chi connectivity index (χ2v) is 5.34. The molecule has 2 fully saturated rings. The molecule has 1 saturated carbocycles. The number of amides is 1. The van der Waals surface area contributed by atoms with Gasteiger partial charge >= 0.3 is 0 Å². The van der Waals surface area contributed by atoms with Gasteiger partial charge in [0.1, 0.15) is 6.04 Å². The highest BCUT2D eigenvalue weighted by molar-refractivity contribution is 5.79. The third-order valence-electron chi connectivity index (χ3n) is 4.08. The Balaban J connectivity index is 1.84. The average molecular weight is 250 g/mol. The molecule has 1 unspecified atom stereocenters. The first kappa shape index (κ1) is 13.3. The number of nitrogens with zero attached hydrogens (tertiary/aromatic N) is 3. The van der Waals surface area contributed by atoms with Crippen LogP contribution in [0.25, 0.3) is 0 Å². The van der Waals surface area contributed by atoms with Crippen LogP contribution in [0.1, 0.15) is 44.9 Å². The van der Waals surface area contributed by atoms with Gasteiger partial charge in [0, 0.05) is 12.6 Å². The fraction of sp³-hybridized carbons (Fsp3) is 0.846. The smallest absolute Gasteiger partial charge is 0.239 e. The molecule has 5 nitrogen and oxygen atoms in total. The van der Waals surface area contributed by atoms with E-state index < -0.39 is 0 Å². The first-order valence-corrected chi connectivity index (χ1v) is 6.93. The Kier molecular flexibility index (Phi) is 4.56. The lowest BCUT2D eigenvalue weighted by atomic mass is 9.95. The Bertz CT molecular complexity index is 332. The lowest BCUT2D eigenvalue weighted by molar-refractivity contribution is -0.133.